The Morgan fingerprint density at radius 2 is 2.12 bits per heavy atom. The van der Waals surface area contributed by atoms with Crippen LogP contribution in [0.15, 0.2) is 53.3 Å². The van der Waals surface area contributed by atoms with Crippen LogP contribution in [-0.2, 0) is 13.6 Å². The third-order valence-corrected chi connectivity index (χ3v) is 3.92. The lowest BCUT2D eigenvalue weighted by atomic mass is 10.3. The molecule has 0 spiro atoms. The van der Waals surface area contributed by atoms with E-state index in [4.69, 9.17) is 16.0 Å². The summed E-state index contributed by atoms with van der Waals surface area (Å²) in [5, 5.41) is 12.2. The molecular weight excluding hydrogens is 340 g/mol. The largest absolute Gasteiger partial charge is 0.467 e. The van der Waals surface area contributed by atoms with Gasteiger partial charge in [0.15, 0.2) is 5.65 Å². The Balaban J connectivity index is 1.68. The van der Waals surface area contributed by atoms with Gasteiger partial charge >= 0.3 is 0 Å². The standard InChI is InChI=1S/C17H15ClN6O/c1-24-16-14(10-20-24)15(21-12-5-2-4-11(18)8-12)22-17(23-16)19-9-13-6-3-7-25-13/h2-8,10H,9H2,1H3,(H2,19,21,22,23). The van der Waals surface area contributed by atoms with Crippen molar-refractivity contribution in [3.8, 4) is 0 Å². The van der Waals surface area contributed by atoms with Crippen LogP contribution in [0.25, 0.3) is 11.0 Å². The molecule has 0 atom stereocenters. The Morgan fingerprint density at radius 1 is 1.20 bits per heavy atom. The van der Waals surface area contributed by atoms with Gasteiger partial charge in [-0.1, -0.05) is 17.7 Å². The van der Waals surface area contributed by atoms with E-state index in [1.807, 2.05) is 43.4 Å². The number of fused-ring (bicyclic) bond motifs is 1. The third kappa shape index (κ3) is 3.27. The van der Waals surface area contributed by atoms with Gasteiger partial charge in [-0.3, -0.25) is 4.68 Å². The van der Waals surface area contributed by atoms with Crippen molar-refractivity contribution >= 4 is 40.1 Å². The van der Waals surface area contributed by atoms with Crippen LogP contribution < -0.4 is 10.6 Å². The highest BCUT2D eigenvalue weighted by atomic mass is 35.5. The lowest BCUT2D eigenvalue weighted by Gasteiger charge is -2.10. The molecule has 25 heavy (non-hydrogen) atoms. The van der Waals surface area contributed by atoms with Crippen LogP contribution in [0.3, 0.4) is 0 Å². The highest BCUT2D eigenvalue weighted by Crippen LogP contribution is 2.26. The lowest BCUT2D eigenvalue weighted by Crippen LogP contribution is -2.06. The zero-order valence-electron chi connectivity index (χ0n) is 13.4. The van der Waals surface area contributed by atoms with Crippen molar-refractivity contribution in [1.82, 2.24) is 19.7 Å². The van der Waals surface area contributed by atoms with Crippen LogP contribution in [0.2, 0.25) is 5.02 Å². The van der Waals surface area contributed by atoms with Crippen molar-refractivity contribution in [3.63, 3.8) is 0 Å². The van der Waals surface area contributed by atoms with Crippen molar-refractivity contribution in [2.75, 3.05) is 10.6 Å². The second-order valence-electron chi connectivity index (χ2n) is 5.47. The van der Waals surface area contributed by atoms with Gasteiger partial charge in [0.25, 0.3) is 0 Å². The molecule has 126 valence electrons. The molecule has 1 aromatic carbocycles. The fourth-order valence-corrected chi connectivity index (χ4v) is 2.67. The molecule has 0 amide bonds. The first-order valence-electron chi connectivity index (χ1n) is 7.67. The highest BCUT2D eigenvalue weighted by molar-refractivity contribution is 6.30. The fraction of sp³-hybridized carbons (Fsp3) is 0.118. The van der Waals surface area contributed by atoms with E-state index >= 15 is 0 Å². The number of nitrogens with zero attached hydrogens (tertiary/aromatic N) is 4. The van der Waals surface area contributed by atoms with E-state index in [1.165, 1.54) is 0 Å². The smallest absolute Gasteiger partial charge is 0.227 e. The van der Waals surface area contributed by atoms with Gasteiger partial charge in [0, 0.05) is 17.8 Å². The molecule has 4 aromatic rings. The summed E-state index contributed by atoms with van der Waals surface area (Å²) in [5.74, 6) is 1.94. The molecule has 3 heterocycles. The maximum atomic E-state index is 6.06. The molecule has 3 aromatic heterocycles. The molecular formula is C17H15ClN6O. The summed E-state index contributed by atoms with van der Waals surface area (Å²) in [6.45, 7) is 0.493. The van der Waals surface area contributed by atoms with E-state index in [0.717, 1.165) is 22.5 Å². The van der Waals surface area contributed by atoms with Crippen molar-refractivity contribution in [1.29, 1.82) is 0 Å². The van der Waals surface area contributed by atoms with E-state index in [1.54, 1.807) is 17.1 Å². The molecule has 0 saturated carbocycles. The van der Waals surface area contributed by atoms with E-state index < -0.39 is 0 Å². The van der Waals surface area contributed by atoms with Crippen molar-refractivity contribution in [2.24, 2.45) is 7.05 Å². The van der Waals surface area contributed by atoms with Crippen LogP contribution in [-0.4, -0.2) is 19.7 Å². The number of hydrogen-bond acceptors (Lipinski definition) is 6. The molecule has 0 fully saturated rings. The number of rotatable bonds is 5. The summed E-state index contributed by atoms with van der Waals surface area (Å²) in [4.78, 5) is 9.09. The first-order chi connectivity index (χ1) is 12.2. The molecule has 7 nitrogen and oxygen atoms in total. The minimum atomic E-state index is 0.483. The van der Waals surface area contributed by atoms with Gasteiger partial charge in [0.1, 0.15) is 11.6 Å². The predicted molar refractivity (Wildman–Crippen MR) is 97.1 cm³/mol. The second kappa shape index (κ2) is 6.45. The Hall–Kier alpha value is -3.06. The summed E-state index contributed by atoms with van der Waals surface area (Å²) >= 11 is 6.06. The molecule has 0 saturated heterocycles. The number of anilines is 3. The lowest BCUT2D eigenvalue weighted by molar-refractivity contribution is 0.517. The van der Waals surface area contributed by atoms with Crippen LogP contribution in [0.5, 0.6) is 0 Å². The van der Waals surface area contributed by atoms with Crippen LogP contribution in [0.4, 0.5) is 17.5 Å². The number of halogens is 1. The van der Waals surface area contributed by atoms with Gasteiger partial charge in [-0.15, -0.1) is 0 Å². The maximum Gasteiger partial charge on any atom is 0.227 e. The van der Waals surface area contributed by atoms with E-state index in [9.17, 15) is 0 Å². The predicted octanol–water partition coefficient (Wildman–Crippen LogP) is 3.97. The average molecular weight is 355 g/mol. The number of nitrogens with one attached hydrogen (secondary N) is 2. The first kappa shape index (κ1) is 15.5. The first-order valence-corrected chi connectivity index (χ1v) is 8.05. The summed E-state index contributed by atoms with van der Waals surface area (Å²) in [6, 6.07) is 11.2. The third-order valence-electron chi connectivity index (χ3n) is 3.68. The van der Waals surface area contributed by atoms with E-state index in [0.29, 0.717) is 23.3 Å². The minimum absolute atomic E-state index is 0.483. The van der Waals surface area contributed by atoms with Gasteiger partial charge in [0.2, 0.25) is 5.95 Å². The second-order valence-corrected chi connectivity index (χ2v) is 5.91. The Labute approximate surface area is 148 Å². The van der Waals surface area contributed by atoms with Crippen molar-refractivity contribution in [2.45, 2.75) is 6.54 Å². The zero-order chi connectivity index (χ0) is 17.2. The van der Waals surface area contributed by atoms with E-state index in [2.05, 4.69) is 25.7 Å². The molecule has 2 N–H and O–H groups in total. The number of aryl methyl sites for hydroxylation is 1. The summed E-state index contributed by atoms with van der Waals surface area (Å²) in [5.41, 5.74) is 1.56. The average Bonchev–Trinajstić information content (AvgIpc) is 3.24. The molecule has 0 aliphatic heterocycles. The van der Waals surface area contributed by atoms with Crippen LogP contribution in [0.1, 0.15) is 5.76 Å². The number of hydrogen-bond donors (Lipinski definition) is 2. The molecule has 4 rings (SSSR count). The fourth-order valence-electron chi connectivity index (χ4n) is 2.48. The number of benzene rings is 1. The van der Waals surface area contributed by atoms with E-state index in [-0.39, 0.29) is 0 Å². The quantitative estimate of drug-likeness (QED) is 0.564. The molecule has 0 radical (unpaired) electrons. The molecule has 8 heteroatoms. The Kier molecular flexibility index (Phi) is 3.99. The molecule has 0 bridgehead atoms. The number of aromatic nitrogens is 4. The monoisotopic (exact) mass is 354 g/mol. The number of furan rings is 1. The zero-order valence-corrected chi connectivity index (χ0v) is 14.2. The van der Waals surface area contributed by atoms with Crippen LogP contribution in [0, 0.1) is 0 Å². The Bertz CT molecular complexity index is 1010. The highest BCUT2D eigenvalue weighted by Gasteiger charge is 2.12. The molecule has 0 aliphatic rings. The van der Waals surface area contributed by atoms with Crippen molar-refractivity contribution < 1.29 is 4.42 Å². The SMILES string of the molecule is Cn1ncc2c(Nc3cccc(Cl)c3)nc(NCc3ccco3)nc21. The van der Waals surface area contributed by atoms with Gasteiger partial charge in [-0.25, -0.2) is 0 Å². The van der Waals surface area contributed by atoms with Gasteiger partial charge in [0.05, 0.1) is 24.4 Å². The summed E-state index contributed by atoms with van der Waals surface area (Å²) in [7, 11) is 1.84. The topological polar surface area (TPSA) is 80.8 Å². The molecule has 0 unspecified atom stereocenters. The normalized spacial score (nSPS) is 11.0. The molecule has 0 aliphatic carbocycles. The summed E-state index contributed by atoms with van der Waals surface area (Å²) < 4.78 is 7.03. The van der Waals surface area contributed by atoms with Crippen LogP contribution >= 0.6 is 11.6 Å². The minimum Gasteiger partial charge on any atom is -0.467 e. The maximum absolute atomic E-state index is 6.06. The van der Waals surface area contributed by atoms with Gasteiger partial charge in [-0.05, 0) is 30.3 Å². The van der Waals surface area contributed by atoms with Crippen molar-refractivity contribution in [3.05, 3.63) is 59.6 Å². The Morgan fingerprint density at radius 3 is 2.92 bits per heavy atom. The van der Waals surface area contributed by atoms with Gasteiger partial charge < -0.3 is 15.1 Å². The van der Waals surface area contributed by atoms with Gasteiger partial charge in [-0.2, -0.15) is 15.1 Å². The summed E-state index contributed by atoms with van der Waals surface area (Å²) in [6.07, 6.45) is 3.37.